The van der Waals surface area contributed by atoms with E-state index in [1.807, 2.05) is 48.5 Å². The SMILES string of the molecule is CCc1ccc(N=Nc2c(C#N)[nH]n(-c3ccccc3)c2=O)cc1. The number of nitriles is 1. The monoisotopic (exact) mass is 317 g/mol. The first kappa shape index (κ1) is 15.4. The van der Waals surface area contributed by atoms with E-state index in [-0.39, 0.29) is 11.4 Å². The second-order valence-electron chi connectivity index (χ2n) is 5.14. The fraction of sp³-hybridized carbons (Fsp3) is 0.111. The molecule has 0 saturated carbocycles. The molecule has 0 aliphatic carbocycles. The van der Waals surface area contributed by atoms with Crippen molar-refractivity contribution in [3.8, 4) is 11.8 Å². The molecule has 1 heterocycles. The van der Waals surface area contributed by atoms with Gasteiger partial charge in [-0.2, -0.15) is 10.4 Å². The zero-order valence-corrected chi connectivity index (χ0v) is 13.1. The molecular weight excluding hydrogens is 302 g/mol. The van der Waals surface area contributed by atoms with E-state index < -0.39 is 5.56 Å². The zero-order chi connectivity index (χ0) is 16.9. The molecule has 0 saturated heterocycles. The van der Waals surface area contributed by atoms with E-state index in [0.717, 1.165) is 6.42 Å². The molecular formula is C18H15N5O. The maximum absolute atomic E-state index is 12.5. The molecule has 0 aliphatic rings. The van der Waals surface area contributed by atoms with Gasteiger partial charge in [-0.05, 0) is 36.2 Å². The van der Waals surface area contributed by atoms with Crippen LogP contribution < -0.4 is 5.56 Å². The highest BCUT2D eigenvalue weighted by atomic mass is 16.1. The number of nitrogens with zero attached hydrogens (tertiary/aromatic N) is 4. The molecule has 0 amide bonds. The van der Waals surface area contributed by atoms with E-state index in [9.17, 15) is 10.1 Å². The fourth-order valence-corrected chi connectivity index (χ4v) is 2.26. The molecule has 6 nitrogen and oxygen atoms in total. The number of nitrogens with one attached hydrogen (secondary N) is 1. The second-order valence-corrected chi connectivity index (χ2v) is 5.14. The molecule has 0 atom stereocenters. The van der Waals surface area contributed by atoms with Gasteiger partial charge in [0, 0.05) is 0 Å². The Morgan fingerprint density at radius 1 is 1.08 bits per heavy atom. The summed E-state index contributed by atoms with van der Waals surface area (Å²) in [5.41, 5.74) is 2.13. The van der Waals surface area contributed by atoms with Gasteiger partial charge in [-0.25, -0.2) is 4.68 Å². The molecule has 24 heavy (non-hydrogen) atoms. The van der Waals surface area contributed by atoms with Crippen molar-refractivity contribution in [1.29, 1.82) is 5.26 Å². The van der Waals surface area contributed by atoms with Crippen molar-refractivity contribution in [2.45, 2.75) is 13.3 Å². The lowest BCUT2D eigenvalue weighted by Gasteiger charge is -1.98. The summed E-state index contributed by atoms with van der Waals surface area (Å²) in [6.45, 7) is 2.07. The van der Waals surface area contributed by atoms with Gasteiger partial charge in [-0.15, -0.1) is 5.11 Å². The van der Waals surface area contributed by atoms with E-state index in [4.69, 9.17) is 0 Å². The predicted octanol–water partition coefficient (Wildman–Crippen LogP) is 4.02. The van der Waals surface area contributed by atoms with Crippen LogP contribution in [0, 0.1) is 11.3 Å². The van der Waals surface area contributed by atoms with Gasteiger partial charge in [0.05, 0.1) is 11.4 Å². The van der Waals surface area contributed by atoms with Crippen molar-refractivity contribution >= 4 is 11.4 Å². The van der Waals surface area contributed by atoms with Crippen LogP contribution in [0.5, 0.6) is 0 Å². The number of para-hydroxylation sites is 1. The van der Waals surface area contributed by atoms with Crippen molar-refractivity contribution in [2.24, 2.45) is 10.2 Å². The Morgan fingerprint density at radius 2 is 1.79 bits per heavy atom. The summed E-state index contributed by atoms with van der Waals surface area (Å²) in [6.07, 6.45) is 0.940. The van der Waals surface area contributed by atoms with Crippen LogP contribution in [-0.4, -0.2) is 9.78 Å². The average Bonchev–Trinajstić information content (AvgIpc) is 2.97. The lowest BCUT2D eigenvalue weighted by molar-refractivity contribution is 0.843. The Bertz CT molecular complexity index is 959. The molecule has 0 bridgehead atoms. The normalized spacial score (nSPS) is 10.8. The van der Waals surface area contributed by atoms with E-state index >= 15 is 0 Å². The number of aryl methyl sites for hydroxylation is 1. The van der Waals surface area contributed by atoms with E-state index in [2.05, 4.69) is 22.3 Å². The molecule has 0 spiro atoms. The van der Waals surface area contributed by atoms with Crippen LogP contribution in [-0.2, 0) is 6.42 Å². The number of hydrogen-bond donors (Lipinski definition) is 1. The van der Waals surface area contributed by atoms with E-state index in [1.165, 1.54) is 10.2 Å². The summed E-state index contributed by atoms with van der Waals surface area (Å²) in [5, 5.41) is 20.0. The van der Waals surface area contributed by atoms with Gasteiger partial charge >= 0.3 is 0 Å². The van der Waals surface area contributed by atoms with Gasteiger partial charge in [-0.3, -0.25) is 9.89 Å². The first-order valence-corrected chi connectivity index (χ1v) is 7.54. The molecule has 118 valence electrons. The molecule has 1 aromatic heterocycles. The van der Waals surface area contributed by atoms with Crippen LogP contribution >= 0.6 is 0 Å². The Kier molecular flexibility index (Phi) is 4.34. The first-order valence-electron chi connectivity index (χ1n) is 7.54. The topological polar surface area (TPSA) is 86.3 Å². The van der Waals surface area contributed by atoms with Crippen molar-refractivity contribution in [3.63, 3.8) is 0 Å². The van der Waals surface area contributed by atoms with Gasteiger partial charge in [0.25, 0.3) is 5.56 Å². The molecule has 3 aromatic rings. The van der Waals surface area contributed by atoms with E-state index in [1.54, 1.807) is 12.1 Å². The van der Waals surface area contributed by atoms with Gasteiger partial charge in [-0.1, -0.05) is 37.3 Å². The van der Waals surface area contributed by atoms with Crippen molar-refractivity contribution in [1.82, 2.24) is 9.78 Å². The molecule has 6 heteroatoms. The maximum atomic E-state index is 12.5. The predicted molar refractivity (Wildman–Crippen MR) is 91.1 cm³/mol. The number of H-pyrrole nitrogens is 1. The van der Waals surface area contributed by atoms with Crippen LogP contribution in [0.1, 0.15) is 18.2 Å². The molecule has 2 aromatic carbocycles. The average molecular weight is 317 g/mol. The molecule has 0 fully saturated rings. The lowest BCUT2D eigenvalue weighted by atomic mass is 10.2. The Hall–Kier alpha value is -3.46. The van der Waals surface area contributed by atoms with Crippen molar-refractivity contribution in [2.75, 3.05) is 0 Å². The quantitative estimate of drug-likeness (QED) is 0.737. The summed E-state index contributed by atoms with van der Waals surface area (Å²) in [5.74, 6) is 0. The standard InChI is InChI=1S/C18H15N5O/c1-2-13-8-10-14(11-9-13)20-21-17-16(12-19)22-23(18(17)24)15-6-4-3-5-7-15/h3-11,22H,2H2,1H3. The van der Waals surface area contributed by atoms with Crippen molar-refractivity contribution in [3.05, 3.63) is 76.2 Å². The first-order chi connectivity index (χ1) is 11.7. The minimum Gasteiger partial charge on any atom is -0.279 e. The van der Waals surface area contributed by atoms with Crippen LogP contribution in [0.25, 0.3) is 5.69 Å². The number of azo groups is 1. The summed E-state index contributed by atoms with van der Waals surface area (Å²) in [6, 6.07) is 18.5. The van der Waals surface area contributed by atoms with Gasteiger partial charge in [0.1, 0.15) is 6.07 Å². The second kappa shape index (κ2) is 6.75. The third-order valence-corrected chi connectivity index (χ3v) is 3.60. The summed E-state index contributed by atoms with van der Waals surface area (Å²) < 4.78 is 1.28. The highest BCUT2D eigenvalue weighted by molar-refractivity contribution is 5.50. The van der Waals surface area contributed by atoms with Crippen LogP contribution in [0.4, 0.5) is 11.4 Å². The Labute approximate surface area is 138 Å². The van der Waals surface area contributed by atoms with Crippen LogP contribution in [0.3, 0.4) is 0 Å². The Morgan fingerprint density at radius 3 is 2.42 bits per heavy atom. The molecule has 0 aliphatic heterocycles. The largest absolute Gasteiger partial charge is 0.300 e. The van der Waals surface area contributed by atoms with E-state index in [0.29, 0.717) is 11.4 Å². The molecule has 0 radical (unpaired) electrons. The van der Waals surface area contributed by atoms with Crippen LogP contribution in [0.2, 0.25) is 0 Å². The summed E-state index contributed by atoms with van der Waals surface area (Å²) >= 11 is 0. The smallest absolute Gasteiger partial charge is 0.279 e. The summed E-state index contributed by atoms with van der Waals surface area (Å²) in [4.78, 5) is 12.5. The third kappa shape index (κ3) is 3.01. The number of hydrogen-bond acceptors (Lipinski definition) is 4. The van der Waals surface area contributed by atoms with Gasteiger partial charge < -0.3 is 0 Å². The fourth-order valence-electron chi connectivity index (χ4n) is 2.26. The lowest BCUT2D eigenvalue weighted by Crippen LogP contribution is -2.13. The Balaban J connectivity index is 1.98. The van der Waals surface area contributed by atoms with Crippen LogP contribution in [0.15, 0.2) is 69.6 Å². The molecule has 0 unspecified atom stereocenters. The molecule has 1 N–H and O–H groups in total. The number of aromatic nitrogens is 2. The number of aromatic amines is 1. The molecule has 3 rings (SSSR count). The number of rotatable bonds is 4. The highest BCUT2D eigenvalue weighted by Gasteiger charge is 2.14. The maximum Gasteiger partial charge on any atom is 0.300 e. The zero-order valence-electron chi connectivity index (χ0n) is 13.1. The van der Waals surface area contributed by atoms with Gasteiger partial charge in [0.2, 0.25) is 0 Å². The highest BCUT2D eigenvalue weighted by Crippen LogP contribution is 2.19. The third-order valence-electron chi connectivity index (χ3n) is 3.60. The minimum atomic E-state index is -0.410. The van der Waals surface area contributed by atoms with Crippen molar-refractivity contribution < 1.29 is 0 Å². The minimum absolute atomic E-state index is 0.000853. The number of benzene rings is 2. The van der Waals surface area contributed by atoms with Gasteiger partial charge in [0.15, 0.2) is 11.4 Å². The summed E-state index contributed by atoms with van der Waals surface area (Å²) in [7, 11) is 0.